The van der Waals surface area contributed by atoms with Gasteiger partial charge in [0.15, 0.2) is 0 Å². The molecule has 21 heavy (non-hydrogen) atoms. The summed E-state index contributed by atoms with van der Waals surface area (Å²) in [5.41, 5.74) is 2.74. The second-order valence-corrected chi connectivity index (χ2v) is 6.18. The van der Waals surface area contributed by atoms with Gasteiger partial charge in [0.05, 0.1) is 18.7 Å². The third-order valence-electron chi connectivity index (χ3n) is 4.94. The zero-order valence-electron chi connectivity index (χ0n) is 12.7. The van der Waals surface area contributed by atoms with E-state index in [0.717, 1.165) is 38.9 Å². The molecule has 3 rings (SSSR count). The summed E-state index contributed by atoms with van der Waals surface area (Å²) >= 11 is 0. The van der Waals surface area contributed by atoms with Crippen LogP contribution in [0.2, 0.25) is 0 Å². The molecule has 1 amide bonds. The van der Waals surface area contributed by atoms with Crippen LogP contribution in [-0.4, -0.2) is 52.6 Å². The van der Waals surface area contributed by atoms with Crippen LogP contribution in [0.25, 0.3) is 0 Å². The maximum atomic E-state index is 12.7. The molecule has 0 saturated carbocycles. The summed E-state index contributed by atoms with van der Waals surface area (Å²) in [7, 11) is 0. The van der Waals surface area contributed by atoms with Gasteiger partial charge in [0.2, 0.25) is 5.91 Å². The van der Waals surface area contributed by atoms with Crippen molar-refractivity contribution in [1.82, 2.24) is 9.80 Å². The molecule has 0 aromatic heterocycles. The highest BCUT2D eigenvalue weighted by Gasteiger charge is 2.34. The number of aliphatic hydroxyl groups is 1. The summed E-state index contributed by atoms with van der Waals surface area (Å²) in [6.07, 6.45) is 2.95. The average molecular weight is 288 g/mol. The molecule has 1 saturated heterocycles. The highest BCUT2D eigenvalue weighted by molar-refractivity contribution is 5.82. The van der Waals surface area contributed by atoms with E-state index in [1.807, 2.05) is 11.8 Å². The molecular weight excluding hydrogens is 264 g/mol. The van der Waals surface area contributed by atoms with Crippen LogP contribution in [-0.2, 0) is 17.8 Å². The van der Waals surface area contributed by atoms with Gasteiger partial charge in [0.1, 0.15) is 0 Å². The molecule has 0 radical (unpaired) electrons. The van der Waals surface area contributed by atoms with Crippen molar-refractivity contribution in [2.45, 2.75) is 44.8 Å². The molecule has 4 heteroatoms. The Morgan fingerprint density at radius 2 is 2.10 bits per heavy atom. The third kappa shape index (κ3) is 2.83. The molecule has 0 bridgehead atoms. The Balaban J connectivity index is 1.68. The minimum absolute atomic E-state index is 0.0250. The molecule has 2 aliphatic heterocycles. The van der Waals surface area contributed by atoms with Crippen LogP contribution in [0, 0.1) is 0 Å². The first kappa shape index (κ1) is 14.5. The Kier molecular flexibility index (Phi) is 4.27. The largest absolute Gasteiger partial charge is 0.394 e. The maximum absolute atomic E-state index is 12.7. The smallest absolute Gasteiger partial charge is 0.239 e. The Bertz CT molecular complexity index is 517. The number of aliphatic hydroxyl groups excluding tert-OH is 1. The van der Waals surface area contributed by atoms with Gasteiger partial charge < -0.3 is 10.0 Å². The Morgan fingerprint density at radius 3 is 2.86 bits per heavy atom. The fourth-order valence-electron chi connectivity index (χ4n) is 3.56. The molecule has 114 valence electrons. The number of nitrogens with zero attached hydrogens (tertiary/aromatic N) is 2. The van der Waals surface area contributed by atoms with E-state index in [2.05, 4.69) is 29.2 Å². The van der Waals surface area contributed by atoms with Crippen molar-refractivity contribution in [2.75, 3.05) is 19.7 Å². The van der Waals surface area contributed by atoms with E-state index in [0.29, 0.717) is 0 Å². The predicted octanol–water partition coefficient (Wildman–Crippen LogP) is 1.42. The molecule has 2 atom stereocenters. The molecule has 0 aliphatic carbocycles. The van der Waals surface area contributed by atoms with Crippen molar-refractivity contribution in [3.8, 4) is 0 Å². The minimum atomic E-state index is -0.106. The summed E-state index contributed by atoms with van der Waals surface area (Å²) in [5.74, 6) is 0.172. The van der Waals surface area contributed by atoms with Gasteiger partial charge in [-0.2, -0.15) is 0 Å². The highest BCUT2D eigenvalue weighted by atomic mass is 16.3. The zero-order chi connectivity index (χ0) is 14.8. The number of rotatable bonds is 3. The highest BCUT2D eigenvalue weighted by Crippen LogP contribution is 2.23. The molecule has 4 nitrogen and oxygen atoms in total. The average Bonchev–Trinajstić information content (AvgIpc) is 3.01. The summed E-state index contributed by atoms with van der Waals surface area (Å²) in [6, 6.07) is 8.41. The molecule has 1 N–H and O–H groups in total. The predicted molar refractivity (Wildman–Crippen MR) is 81.8 cm³/mol. The summed E-state index contributed by atoms with van der Waals surface area (Å²) < 4.78 is 0. The fraction of sp³-hybridized carbons (Fsp3) is 0.588. The molecule has 1 aromatic rings. The van der Waals surface area contributed by atoms with E-state index in [-0.39, 0.29) is 24.6 Å². The lowest BCUT2D eigenvalue weighted by atomic mass is 9.98. The van der Waals surface area contributed by atoms with Gasteiger partial charge in [-0.3, -0.25) is 9.69 Å². The van der Waals surface area contributed by atoms with Crippen molar-refractivity contribution >= 4 is 5.91 Å². The molecule has 2 aliphatic rings. The van der Waals surface area contributed by atoms with Crippen molar-refractivity contribution in [3.05, 3.63) is 35.4 Å². The van der Waals surface area contributed by atoms with Gasteiger partial charge in [-0.05, 0) is 37.3 Å². The summed E-state index contributed by atoms with van der Waals surface area (Å²) in [5, 5.41) is 9.40. The number of benzene rings is 1. The first-order valence-corrected chi connectivity index (χ1v) is 7.93. The summed E-state index contributed by atoms with van der Waals surface area (Å²) in [4.78, 5) is 16.8. The van der Waals surface area contributed by atoms with Crippen LogP contribution < -0.4 is 0 Å². The fourth-order valence-corrected chi connectivity index (χ4v) is 3.56. The Morgan fingerprint density at radius 1 is 1.33 bits per heavy atom. The minimum Gasteiger partial charge on any atom is -0.394 e. The number of hydrogen-bond donors (Lipinski definition) is 1. The summed E-state index contributed by atoms with van der Waals surface area (Å²) in [6.45, 7) is 4.66. The maximum Gasteiger partial charge on any atom is 0.239 e. The Labute approximate surface area is 126 Å². The van der Waals surface area contributed by atoms with Crippen molar-refractivity contribution in [1.29, 1.82) is 0 Å². The van der Waals surface area contributed by atoms with E-state index in [1.54, 1.807) is 0 Å². The molecule has 2 heterocycles. The van der Waals surface area contributed by atoms with Crippen LogP contribution >= 0.6 is 0 Å². The third-order valence-corrected chi connectivity index (χ3v) is 4.94. The van der Waals surface area contributed by atoms with Crippen molar-refractivity contribution < 1.29 is 9.90 Å². The number of carbonyl (C=O) groups is 1. The number of fused-ring (bicyclic) bond motifs is 1. The molecule has 1 aromatic carbocycles. The first-order valence-electron chi connectivity index (χ1n) is 7.93. The van der Waals surface area contributed by atoms with Gasteiger partial charge in [0, 0.05) is 19.6 Å². The van der Waals surface area contributed by atoms with Crippen molar-refractivity contribution in [3.63, 3.8) is 0 Å². The normalized spacial score (nSPS) is 23.9. The molecule has 0 unspecified atom stereocenters. The number of likely N-dealkylation sites (tertiary alicyclic amines) is 1. The second kappa shape index (κ2) is 6.16. The van der Waals surface area contributed by atoms with Gasteiger partial charge in [0.25, 0.3) is 0 Å². The van der Waals surface area contributed by atoms with Crippen LogP contribution in [0.1, 0.15) is 30.9 Å². The van der Waals surface area contributed by atoms with E-state index in [4.69, 9.17) is 0 Å². The topological polar surface area (TPSA) is 43.8 Å². The first-order chi connectivity index (χ1) is 10.2. The van der Waals surface area contributed by atoms with Gasteiger partial charge in [-0.25, -0.2) is 0 Å². The molecular formula is C17H24N2O2. The van der Waals surface area contributed by atoms with E-state index < -0.39 is 0 Å². The van der Waals surface area contributed by atoms with Gasteiger partial charge >= 0.3 is 0 Å². The standard InChI is InChI=1S/C17H24N2O2/c1-13(17(21)19-9-4-7-16(19)12-20)18-10-8-14-5-2-3-6-15(14)11-18/h2-3,5-6,13,16,20H,4,7-12H2,1H3/t13-,16+/m1/s1. The second-order valence-electron chi connectivity index (χ2n) is 6.18. The monoisotopic (exact) mass is 288 g/mol. The van der Waals surface area contributed by atoms with Gasteiger partial charge in [-0.15, -0.1) is 0 Å². The number of amides is 1. The SMILES string of the molecule is C[C@H](C(=O)N1CCC[C@H]1CO)N1CCc2ccccc2C1. The molecule has 1 fully saturated rings. The van der Waals surface area contributed by atoms with E-state index in [9.17, 15) is 9.90 Å². The number of hydrogen-bond acceptors (Lipinski definition) is 3. The number of carbonyl (C=O) groups excluding carboxylic acids is 1. The lowest BCUT2D eigenvalue weighted by Crippen LogP contribution is -2.50. The van der Waals surface area contributed by atoms with Gasteiger partial charge in [-0.1, -0.05) is 24.3 Å². The zero-order valence-corrected chi connectivity index (χ0v) is 12.7. The van der Waals surface area contributed by atoms with Crippen LogP contribution in [0.3, 0.4) is 0 Å². The molecule has 0 spiro atoms. The van der Waals surface area contributed by atoms with E-state index >= 15 is 0 Å². The van der Waals surface area contributed by atoms with Crippen LogP contribution in [0.5, 0.6) is 0 Å². The quantitative estimate of drug-likeness (QED) is 0.915. The van der Waals surface area contributed by atoms with Crippen LogP contribution in [0.15, 0.2) is 24.3 Å². The van der Waals surface area contributed by atoms with E-state index in [1.165, 1.54) is 11.1 Å². The lowest BCUT2D eigenvalue weighted by molar-refractivity contribution is -0.138. The Hall–Kier alpha value is -1.39. The van der Waals surface area contributed by atoms with Crippen LogP contribution in [0.4, 0.5) is 0 Å². The van der Waals surface area contributed by atoms with Crippen molar-refractivity contribution in [2.24, 2.45) is 0 Å². The lowest BCUT2D eigenvalue weighted by Gasteiger charge is -2.36.